The summed E-state index contributed by atoms with van der Waals surface area (Å²) in [5, 5.41) is 0. The highest BCUT2D eigenvalue weighted by molar-refractivity contribution is 5.79. The summed E-state index contributed by atoms with van der Waals surface area (Å²) >= 11 is 0. The van der Waals surface area contributed by atoms with Crippen molar-refractivity contribution in [3.05, 3.63) is 0 Å². The topological polar surface area (TPSA) is 46.3 Å². The van der Waals surface area contributed by atoms with Gasteiger partial charge in [-0.05, 0) is 32.1 Å². The molecule has 0 bridgehead atoms. The van der Waals surface area contributed by atoms with Crippen molar-refractivity contribution < 1.29 is 18.0 Å². The standard InChI is InChI=1S/C15H25F3N2O/c16-15(17,18)12-6-4-5-11(9-12)14(21)20-8-3-1-2-7-13(20)10-19/h11-13H,1-10,19H2. The van der Waals surface area contributed by atoms with Gasteiger partial charge in [0.15, 0.2) is 0 Å². The van der Waals surface area contributed by atoms with Gasteiger partial charge in [0.1, 0.15) is 0 Å². The summed E-state index contributed by atoms with van der Waals surface area (Å²) in [7, 11) is 0. The molecule has 0 aromatic rings. The van der Waals surface area contributed by atoms with E-state index in [1.165, 1.54) is 0 Å². The van der Waals surface area contributed by atoms with Crippen molar-refractivity contribution in [2.45, 2.75) is 63.6 Å². The van der Waals surface area contributed by atoms with E-state index in [1.54, 1.807) is 4.90 Å². The van der Waals surface area contributed by atoms with E-state index in [4.69, 9.17) is 5.73 Å². The van der Waals surface area contributed by atoms with Crippen LogP contribution < -0.4 is 5.73 Å². The normalized spacial score (nSPS) is 31.8. The van der Waals surface area contributed by atoms with Gasteiger partial charge < -0.3 is 10.6 Å². The van der Waals surface area contributed by atoms with Gasteiger partial charge in [-0.2, -0.15) is 13.2 Å². The third-order valence-electron chi connectivity index (χ3n) is 4.92. The van der Waals surface area contributed by atoms with Crippen LogP contribution in [0.4, 0.5) is 13.2 Å². The summed E-state index contributed by atoms with van der Waals surface area (Å²) in [5.41, 5.74) is 5.75. The first kappa shape index (κ1) is 16.6. The molecule has 21 heavy (non-hydrogen) atoms. The lowest BCUT2D eigenvalue weighted by Gasteiger charge is -2.36. The Morgan fingerprint density at radius 2 is 1.86 bits per heavy atom. The summed E-state index contributed by atoms with van der Waals surface area (Å²) in [4.78, 5) is 14.4. The van der Waals surface area contributed by atoms with Gasteiger partial charge in [0, 0.05) is 25.0 Å². The number of likely N-dealkylation sites (tertiary alicyclic amines) is 1. The monoisotopic (exact) mass is 306 g/mol. The van der Waals surface area contributed by atoms with Crippen LogP contribution in [0.3, 0.4) is 0 Å². The number of halogens is 3. The Labute approximate surface area is 124 Å². The minimum absolute atomic E-state index is 0.00580. The molecule has 2 rings (SSSR count). The van der Waals surface area contributed by atoms with E-state index >= 15 is 0 Å². The van der Waals surface area contributed by atoms with Crippen LogP contribution in [0.25, 0.3) is 0 Å². The van der Waals surface area contributed by atoms with Crippen LogP contribution in [0.15, 0.2) is 0 Å². The van der Waals surface area contributed by atoms with Gasteiger partial charge >= 0.3 is 6.18 Å². The SMILES string of the molecule is NCC1CCCCCN1C(=O)C1CCCC(C(F)(F)F)C1. The number of hydrogen-bond donors (Lipinski definition) is 1. The predicted molar refractivity (Wildman–Crippen MR) is 74.5 cm³/mol. The van der Waals surface area contributed by atoms with Crippen LogP contribution in [0.1, 0.15) is 51.4 Å². The third-order valence-corrected chi connectivity index (χ3v) is 4.92. The lowest BCUT2D eigenvalue weighted by molar-refractivity contribution is -0.187. The molecule has 2 aliphatic rings. The summed E-state index contributed by atoms with van der Waals surface area (Å²) in [6.07, 6.45) is 0.919. The molecular weight excluding hydrogens is 281 g/mol. The number of carbonyl (C=O) groups excluding carboxylic acids is 1. The first-order chi connectivity index (χ1) is 9.93. The van der Waals surface area contributed by atoms with E-state index in [0.29, 0.717) is 25.9 Å². The highest BCUT2D eigenvalue weighted by Crippen LogP contribution is 2.40. The van der Waals surface area contributed by atoms with Crippen LogP contribution in [0.5, 0.6) is 0 Å². The fourth-order valence-electron chi connectivity index (χ4n) is 3.66. The maximum Gasteiger partial charge on any atom is 0.391 e. The third kappa shape index (κ3) is 4.11. The maximum absolute atomic E-state index is 12.9. The molecule has 1 saturated heterocycles. The second-order valence-electron chi connectivity index (χ2n) is 6.37. The Kier molecular flexibility index (Phi) is 5.52. The molecule has 1 aliphatic heterocycles. The first-order valence-electron chi connectivity index (χ1n) is 8.00. The largest absolute Gasteiger partial charge is 0.391 e. The number of hydrogen-bond acceptors (Lipinski definition) is 2. The minimum Gasteiger partial charge on any atom is -0.338 e. The Balaban J connectivity index is 2.03. The lowest BCUT2D eigenvalue weighted by atomic mass is 9.80. The van der Waals surface area contributed by atoms with Crippen LogP contribution in [-0.4, -0.2) is 36.1 Å². The Hall–Kier alpha value is -0.780. The van der Waals surface area contributed by atoms with E-state index in [9.17, 15) is 18.0 Å². The molecule has 2 N–H and O–H groups in total. The molecule has 2 fully saturated rings. The molecule has 1 aliphatic carbocycles. The summed E-state index contributed by atoms with van der Waals surface area (Å²) in [5.74, 6) is -1.89. The average Bonchev–Trinajstić information content (AvgIpc) is 2.70. The Bertz CT molecular complexity index is 359. The summed E-state index contributed by atoms with van der Waals surface area (Å²) < 4.78 is 38.6. The van der Waals surface area contributed by atoms with Gasteiger partial charge in [-0.15, -0.1) is 0 Å². The van der Waals surface area contributed by atoms with E-state index in [0.717, 1.165) is 25.7 Å². The molecule has 0 aromatic carbocycles. The van der Waals surface area contributed by atoms with Gasteiger partial charge in [-0.1, -0.05) is 19.3 Å². The quantitative estimate of drug-likeness (QED) is 0.852. The molecular formula is C15H25F3N2O. The zero-order chi connectivity index (χ0) is 15.5. The number of rotatable bonds is 2. The van der Waals surface area contributed by atoms with Crippen molar-refractivity contribution in [3.8, 4) is 0 Å². The van der Waals surface area contributed by atoms with Gasteiger partial charge in [0.2, 0.25) is 5.91 Å². The molecule has 3 unspecified atom stereocenters. The maximum atomic E-state index is 12.9. The highest BCUT2D eigenvalue weighted by atomic mass is 19.4. The van der Waals surface area contributed by atoms with Crippen LogP contribution >= 0.6 is 0 Å². The zero-order valence-electron chi connectivity index (χ0n) is 12.4. The molecule has 0 spiro atoms. The molecule has 122 valence electrons. The minimum atomic E-state index is -4.18. The van der Waals surface area contributed by atoms with Crippen molar-refractivity contribution in [2.75, 3.05) is 13.1 Å². The zero-order valence-corrected chi connectivity index (χ0v) is 12.4. The summed E-state index contributed by atoms with van der Waals surface area (Å²) in [6, 6.07) is 0.00580. The molecule has 1 heterocycles. The van der Waals surface area contributed by atoms with E-state index in [-0.39, 0.29) is 24.8 Å². The fourth-order valence-corrected chi connectivity index (χ4v) is 3.66. The second kappa shape index (κ2) is 6.99. The molecule has 1 saturated carbocycles. The van der Waals surface area contributed by atoms with E-state index in [1.807, 2.05) is 0 Å². The van der Waals surface area contributed by atoms with Gasteiger partial charge in [0.05, 0.1) is 5.92 Å². The second-order valence-corrected chi connectivity index (χ2v) is 6.37. The fraction of sp³-hybridized carbons (Fsp3) is 0.933. The van der Waals surface area contributed by atoms with Gasteiger partial charge in [0.25, 0.3) is 0 Å². The number of carbonyl (C=O) groups is 1. The van der Waals surface area contributed by atoms with Crippen molar-refractivity contribution in [2.24, 2.45) is 17.6 Å². The van der Waals surface area contributed by atoms with Crippen LogP contribution in [0, 0.1) is 11.8 Å². The number of amides is 1. The smallest absolute Gasteiger partial charge is 0.338 e. The molecule has 1 amide bonds. The number of alkyl halides is 3. The highest BCUT2D eigenvalue weighted by Gasteiger charge is 2.44. The first-order valence-corrected chi connectivity index (χ1v) is 8.00. The van der Waals surface area contributed by atoms with Crippen LogP contribution in [0.2, 0.25) is 0 Å². The average molecular weight is 306 g/mol. The molecule has 0 aromatic heterocycles. The molecule has 0 radical (unpaired) electrons. The predicted octanol–water partition coefficient (Wildman–Crippen LogP) is 3.09. The van der Waals surface area contributed by atoms with Crippen molar-refractivity contribution in [1.29, 1.82) is 0 Å². The molecule has 3 atom stereocenters. The molecule has 3 nitrogen and oxygen atoms in total. The Morgan fingerprint density at radius 3 is 2.52 bits per heavy atom. The number of nitrogens with two attached hydrogens (primary N) is 1. The van der Waals surface area contributed by atoms with E-state index in [2.05, 4.69) is 0 Å². The van der Waals surface area contributed by atoms with Crippen molar-refractivity contribution in [3.63, 3.8) is 0 Å². The van der Waals surface area contributed by atoms with Crippen molar-refractivity contribution >= 4 is 5.91 Å². The van der Waals surface area contributed by atoms with Crippen LogP contribution in [-0.2, 0) is 4.79 Å². The van der Waals surface area contributed by atoms with Gasteiger partial charge in [-0.25, -0.2) is 0 Å². The van der Waals surface area contributed by atoms with Gasteiger partial charge in [-0.3, -0.25) is 4.79 Å². The number of nitrogens with zero attached hydrogens (tertiary/aromatic N) is 1. The Morgan fingerprint density at radius 1 is 1.10 bits per heavy atom. The summed E-state index contributed by atoms with van der Waals surface area (Å²) in [6.45, 7) is 1.05. The van der Waals surface area contributed by atoms with E-state index < -0.39 is 18.0 Å². The van der Waals surface area contributed by atoms with Crippen molar-refractivity contribution in [1.82, 2.24) is 4.90 Å². The lowest BCUT2D eigenvalue weighted by Crippen LogP contribution is -2.48. The molecule has 6 heteroatoms.